The highest BCUT2D eigenvalue weighted by atomic mass is 16.4. The number of hydrogen-bond acceptors (Lipinski definition) is 3. The summed E-state index contributed by atoms with van der Waals surface area (Å²) in [5.74, 6) is -1.64. The molecule has 0 aromatic heterocycles. The van der Waals surface area contributed by atoms with Crippen LogP contribution in [0.2, 0.25) is 0 Å². The molecule has 1 aromatic rings. The second kappa shape index (κ2) is 5.14. The number of carboxylic acid groups (broad SMARTS) is 1. The number of hydrogen-bond donors (Lipinski definition) is 1. The summed E-state index contributed by atoms with van der Waals surface area (Å²) in [6, 6.07) is 8.11. The third kappa shape index (κ3) is 3.81. The maximum atomic E-state index is 10.7. The molecule has 0 aliphatic rings. The molecule has 0 fully saturated rings. The second-order valence-electron chi connectivity index (χ2n) is 3.26. The Balaban J connectivity index is 2.67. The number of aliphatic carboxylic acids is 1. The van der Waals surface area contributed by atoms with Crippen LogP contribution in [0.4, 0.5) is 0 Å². The molecular formula is C11H12NO3-. The predicted octanol–water partition coefficient (Wildman–Crippen LogP) is -0.516. The Morgan fingerprint density at radius 3 is 2.40 bits per heavy atom. The van der Waals surface area contributed by atoms with Crippen LogP contribution in [0.15, 0.2) is 30.3 Å². The zero-order chi connectivity index (χ0) is 11.3. The van der Waals surface area contributed by atoms with Crippen molar-refractivity contribution < 1.29 is 14.7 Å². The zero-order valence-corrected chi connectivity index (χ0v) is 8.40. The van der Waals surface area contributed by atoms with Crippen molar-refractivity contribution >= 4 is 11.9 Å². The van der Waals surface area contributed by atoms with E-state index in [9.17, 15) is 14.7 Å². The Labute approximate surface area is 87.9 Å². The summed E-state index contributed by atoms with van der Waals surface area (Å²) in [6.45, 7) is 1.28. The van der Waals surface area contributed by atoms with Gasteiger partial charge in [-0.1, -0.05) is 30.3 Å². The molecule has 0 saturated heterocycles. The first kappa shape index (κ1) is 11.2. The van der Waals surface area contributed by atoms with E-state index in [0.717, 1.165) is 5.56 Å². The van der Waals surface area contributed by atoms with Crippen molar-refractivity contribution in [1.82, 2.24) is 5.32 Å². The molecule has 15 heavy (non-hydrogen) atoms. The minimum atomic E-state index is -1.27. The van der Waals surface area contributed by atoms with Crippen molar-refractivity contribution in [2.75, 3.05) is 0 Å². The number of carbonyl (C=O) groups is 2. The zero-order valence-electron chi connectivity index (χ0n) is 8.40. The van der Waals surface area contributed by atoms with Gasteiger partial charge in [-0.05, 0) is 12.0 Å². The van der Waals surface area contributed by atoms with E-state index in [1.807, 2.05) is 18.2 Å². The standard InChI is InChI=1S/C11H13NO3/c1-8(13)12-10(11(14)15)7-9-5-3-2-4-6-9/h2-6,10H,7H2,1H3,(H,12,13)(H,14,15)/p-1/t10-/m1/s1. The second-order valence-corrected chi connectivity index (χ2v) is 3.26. The lowest BCUT2D eigenvalue weighted by Crippen LogP contribution is -2.48. The summed E-state index contributed by atoms with van der Waals surface area (Å²) in [4.78, 5) is 21.5. The van der Waals surface area contributed by atoms with E-state index in [-0.39, 0.29) is 12.3 Å². The smallest absolute Gasteiger partial charge is 0.217 e. The van der Waals surface area contributed by atoms with Gasteiger partial charge in [0.05, 0.1) is 12.0 Å². The predicted molar refractivity (Wildman–Crippen MR) is 52.8 cm³/mol. The van der Waals surface area contributed by atoms with Gasteiger partial charge in [0.1, 0.15) is 0 Å². The van der Waals surface area contributed by atoms with Crippen LogP contribution in [0.1, 0.15) is 12.5 Å². The lowest BCUT2D eigenvalue weighted by atomic mass is 10.1. The van der Waals surface area contributed by atoms with Crippen LogP contribution in [0.3, 0.4) is 0 Å². The fourth-order valence-electron chi connectivity index (χ4n) is 1.29. The molecule has 4 nitrogen and oxygen atoms in total. The summed E-state index contributed by atoms with van der Waals surface area (Å²) in [7, 11) is 0. The lowest BCUT2D eigenvalue weighted by molar-refractivity contribution is -0.308. The third-order valence-electron chi connectivity index (χ3n) is 1.94. The van der Waals surface area contributed by atoms with Crippen molar-refractivity contribution in [2.45, 2.75) is 19.4 Å². The minimum Gasteiger partial charge on any atom is -0.548 e. The van der Waals surface area contributed by atoms with Gasteiger partial charge < -0.3 is 15.2 Å². The maximum absolute atomic E-state index is 10.7. The average molecular weight is 206 g/mol. The van der Waals surface area contributed by atoms with Gasteiger partial charge in [-0.25, -0.2) is 0 Å². The molecule has 80 valence electrons. The molecule has 0 saturated carbocycles. The molecular weight excluding hydrogens is 194 g/mol. The fraction of sp³-hybridized carbons (Fsp3) is 0.273. The molecule has 4 heteroatoms. The Morgan fingerprint density at radius 1 is 1.33 bits per heavy atom. The largest absolute Gasteiger partial charge is 0.548 e. The van der Waals surface area contributed by atoms with Gasteiger partial charge in [0, 0.05) is 6.92 Å². The number of benzene rings is 1. The highest BCUT2D eigenvalue weighted by Crippen LogP contribution is 2.02. The first-order valence-electron chi connectivity index (χ1n) is 4.61. The maximum Gasteiger partial charge on any atom is 0.217 e. The molecule has 0 heterocycles. The molecule has 0 aliphatic heterocycles. The van der Waals surface area contributed by atoms with Crippen molar-refractivity contribution in [1.29, 1.82) is 0 Å². The molecule has 0 spiro atoms. The minimum absolute atomic E-state index is 0.239. The van der Waals surface area contributed by atoms with Gasteiger partial charge in [0.2, 0.25) is 5.91 Å². The van der Waals surface area contributed by atoms with Crippen LogP contribution >= 0.6 is 0 Å². The summed E-state index contributed by atoms with van der Waals surface area (Å²) < 4.78 is 0. The first-order chi connectivity index (χ1) is 7.09. The third-order valence-corrected chi connectivity index (χ3v) is 1.94. The highest BCUT2D eigenvalue weighted by molar-refractivity contribution is 5.81. The van der Waals surface area contributed by atoms with Crippen molar-refractivity contribution in [3.63, 3.8) is 0 Å². The highest BCUT2D eigenvalue weighted by Gasteiger charge is 2.11. The van der Waals surface area contributed by atoms with E-state index in [4.69, 9.17) is 0 Å². The Kier molecular flexibility index (Phi) is 3.85. The monoisotopic (exact) mass is 206 g/mol. The number of carbonyl (C=O) groups excluding carboxylic acids is 2. The van der Waals surface area contributed by atoms with Gasteiger partial charge in [0.25, 0.3) is 0 Å². The summed E-state index contributed by atoms with van der Waals surface area (Å²) in [6.07, 6.45) is 0.239. The van der Waals surface area contributed by atoms with E-state index in [0.29, 0.717) is 0 Å². The molecule has 1 aromatic carbocycles. The van der Waals surface area contributed by atoms with Gasteiger partial charge in [-0.3, -0.25) is 4.79 Å². The van der Waals surface area contributed by atoms with E-state index >= 15 is 0 Å². The summed E-state index contributed by atoms with van der Waals surface area (Å²) in [5.41, 5.74) is 0.848. The summed E-state index contributed by atoms with van der Waals surface area (Å²) >= 11 is 0. The normalized spacial score (nSPS) is 11.8. The molecule has 1 rings (SSSR count). The topological polar surface area (TPSA) is 69.2 Å². The van der Waals surface area contributed by atoms with Crippen molar-refractivity contribution in [3.8, 4) is 0 Å². The van der Waals surface area contributed by atoms with E-state index in [1.165, 1.54) is 6.92 Å². The van der Waals surface area contributed by atoms with Crippen LogP contribution in [0.5, 0.6) is 0 Å². The first-order valence-corrected chi connectivity index (χ1v) is 4.61. The van der Waals surface area contributed by atoms with Crippen LogP contribution in [0.25, 0.3) is 0 Å². The van der Waals surface area contributed by atoms with E-state index in [2.05, 4.69) is 5.32 Å². The van der Waals surface area contributed by atoms with Crippen molar-refractivity contribution in [2.24, 2.45) is 0 Å². The fourth-order valence-corrected chi connectivity index (χ4v) is 1.29. The molecule has 1 atom stereocenters. The van der Waals surface area contributed by atoms with E-state index in [1.54, 1.807) is 12.1 Å². The van der Waals surface area contributed by atoms with Crippen LogP contribution in [-0.2, 0) is 16.0 Å². The number of carboxylic acids is 1. The molecule has 1 amide bonds. The number of rotatable bonds is 4. The molecule has 0 unspecified atom stereocenters. The van der Waals surface area contributed by atoms with Crippen LogP contribution in [0, 0.1) is 0 Å². The Hall–Kier alpha value is -1.84. The van der Waals surface area contributed by atoms with Gasteiger partial charge in [0.15, 0.2) is 0 Å². The van der Waals surface area contributed by atoms with Crippen molar-refractivity contribution in [3.05, 3.63) is 35.9 Å². The number of amides is 1. The molecule has 1 N–H and O–H groups in total. The molecule has 0 aliphatic carbocycles. The van der Waals surface area contributed by atoms with Gasteiger partial charge >= 0.3 is 0 Å². The average Bonchev–Trinajstić information content (AvgIpc) is 2.17. The summed E-state index contributed by atoms with van der Waals surface area (Å²) in [5, 5.41) is 13.0. The SMILES string of the molecule is CC(=O)N[C@H](Cc1ccccc1)C(=O)[O-]. The quantitative estimate of drug-likeness (QED) is 0.721. The molecule has 0 bridgehead atoms. The van der Waals surface area contributed by atoms with Gasteiger partial charge in [-0.2, -0.15) is 0 Å². The van der Waals surface area contributed by atoms with Crippen LogP contribution < -0.4 is 10.4 Å². The van der Waals surface area contributed by atoms with Gasteiger partial charge in [-0.15, -0.1) is 0 Å². The molecule has 0 radical (unpaired) electrons. The lowest BCUT2D eigenvalue weighted by Gasteiger charge is -2.18. The Bertz CT molecular complexity index is 348. The Morgan fingerprint density at radius 2 is 1.93 bits per heavy atom. The number of nitrogens with one attached hydrogen (secondary N) is 1. The van der Waals surface area contributed by atoms with Crippen LogP contribution in [-0.4, -0.2) is 17.9 Å². The van der Waals surface area contributed by atoms with E-state index < -0.39 is 12.0 Å².